The molecule has 2 aromatic carbocycles. The average molecular weight is 475 g/mol. The molecule has 4 aromatic rings. The molecule has 0 saturated carbocycles. The normalized spacial score (nSPS) is 11.3. The van der Waals surface area contributed by atoms with Crippen LogP contribution < -0.4 is 21.7 Å². The van der Waals surface area contributed by atoms with Crippen LogP contribution in [0.5, 0.6) is 11.6 Å². The van der Waals surface area contributed by atoms with E-state index in [1.54, 1.807) is 73.7 Å². The molecular formula is C24H19ClN6O3. The van der Waals surface area contributed by atoms with Crippen LogP contribution in [0.1, 0.15) is 18.2 Å². The maximum Gasteiger partial charge on any atom is 0.335 e. The van der Waals surface area contributed by atoms with Crippen LogP contribution in [0.4, 0.5) is 5.69 Å². The first-order valence-corrected chi connectivity index (χ1v) is 10.7. The molecule has 0 aliphatic heterocycles. The maximum absolute atomic E-state index is 13.0. The lowest BCUT2D eigenvalue weighted by atomic mass is 10.2. The summed E-state index contributed by atoms with van der Waals surface area (Å²) in [6.45, 7) is 2.15. The highest BCUT2D eigenvalue weighted by Crippen LogP contribution is 2.22. The molecule has 0 spiro atoms. The molecule has 9 nitrogen and oxygen atoms in total. The summed E-state index contributed by atoms with van der Waals surface area (Å²) in [5, 5.41) is 9.55. The molecule has 4 rings (SSSR count). The molecule has 0 bridgehead atoms. The van der Waals surface area contributed by atoms with Gasteiger partial charge in [-0.15, -0.1) is 0 Å². The largest absolute Gasteiger partial charge is 0.439 e. The van der Waals surface area contributed by atoms with Crippen LogP contribution >= 0.6 is 11.6 Å². The van der Waals surface area contributed by atoms with Gasteiger partial charge in [0.05, 0.1) is 12.2 Å². The molecule has 2 aromatic heterocycles. The van der Waals surface area contributed by atoms with Crippen molar-refractivity contribution in [3.05, 3.63) is 110 Å². The van der Waals surface area contributed by atoms with Crippen molar-refractivity contribution in [2.75, 3.05) is 0 Å². The fourth-order valence-electron chi connectivity index (χ4n) is 3.20. The van der Waals surface area contributed by atoms with Crippen molar-refractivity contribution in [1.82, 2.24) is 19.1 Å². The van der Waals surface area contributed by atoms with Gasteiger partial charge in [0.15, 0.2) is 0 Å². The molecule has 0 unspecified atom stereocenters. The number of nitrogens with one attached hydrogen (secondary N) is 1. The summed E-state index contributed by atoms with van der Waals surface area (Å²) in [6, 6.07) is 20.7. The van der Waals surface area contributed by atoms with E-state index < -0.39 is 11.4 Å². The summed E-state index contributed by atoms with van der Waals surface area (Å²) in [6.07, 6.45) is 0. The number of rotatable bonds is 6. The first-order valence-electron chi connectivity index (χ1n) is 10.3. The summed E-state index contributed by atoms with van der Waals surface area (Å²) in [5.74, 6) is 0.780. The van der Waals surface area contributed by atoms with Gasteiger partial charge in [0.2, 0.25) is 11.5 Å². The lowest BCUT2D eigenvalue weighted by Gasteiger charge is -2.10. The minimum atomic E-state index is -0.540. The number of benzene rings is 2. The number of hydrogen-bond donors (Lipinski definition) is 1. The SMILES string of the molecule is CCn1c(=O)[nH]/c(=N\c2ccc(Oc3cccc(C#N)n3)cc2)n(Cc2ccc(Cl)cc2)c1=O. The van der Waals surface area contributed by atoms with Crippen molar-refractivity contribution < 1.29 is 4.74 Å². The Balaban J connectivity index is 1.70. The number of hydrogen-bond acceptors (Lipinski definition) is 6. The first kappa shape index (κ1) is 22.8. The minimum Gasteiger partial charge on any atom is -0.439 e. The second-order valence-electron chi connectivity index (χ2n) is 7.17. The van der Waals surface area contributed by atoms with Crippen LogP contribution in [0.3, 0.4) is 0 Å². The van der Waals surface area contributed by atoms with E-state index in [4.69, 9.17) is 21.6 Å². The molecule has 0 saturated heterocycles. The van der Waals surface area contributed by atoms with Crippen molar-refractivity contribution in [3.63, 3.8) is 0 Å². The Bertz CT molecular complexity index is 1540. The van der Waals surface area contributed by atoms with Gasteiger partial charge in [-0.05, 0) is 55.0 Å². The van der Waals surface area contributed by atoms with Gasteiger partial charge in [-0.3, -0.25) is 9.55 Å². The maximum atomic E-state index is 13.0. The molecule has 34 heavy (non-hydrogen) atoms. The molecule has 170 valence electrons. The van der Waals surface area contributed by atoms with E-state index >= 15 is 0 Å². The highest BCUT2D eigenvalue weighted by molar-refractivity contribution is 6.30. The predicted molar refractivity (Wildman–Crippen MR) is 126 cm³/mol. The van der Waals surface area contributed by atoms with Gasteiger partial charge in [-0.25, -0.2) is 24.1 Å². The van der Waals surface area contributed by atoms with Crippen molar-refractivity contribution in [2.24, 2.45) is 4.99 Å². The van der Waals surface area contributed by atoms with Crippen LogP contribution in [0.25, 0.3) is 0 Å². The number of ether oxygens (including phenoxy) is 1. The molecule has 0 radical (unpaired) electrons. The van der Waals surface area contributed by atoms with Gasteiger partial charge in [-0.2, -0.15) is 5.26 Å². The highest BCUT2D eigenvalue weighted by atomic mass is 35.5. The second kappa shape index (κ2) is 10.0. The molecule has 0 aliphatic rings. The summed E-state index contributed by atoms with van der Waals surface area (Å²) in [7, 11) is 0. The number of aromatic amines is 1. The van der Waals surface area contributed by atoms with Crippen molar-refractivity contribution >= 4 is 17.3 Å². The van der Waals surface area contributed by atoms with Gasteiger partial charge in [0.25, 0.3) is 0 Å². The molecule has 0 aliphatic carbocycles. The van der Waals surface area contributed by atoms with Gasteiger partial charge in [0, 0.05) is 17.6 Å². The Morgan fingerprint density at radius 3 is 2.47 bits per heavy atom. The number of nitrogens with zero attached hydrogens (tertiary/aromatic N) is 5. The topological polar surface area (TPSA) is 118 Å². The van der Waals surface area contributed by atoms with E-state index in [0.29, 0.717) is 16.5 Å². The minimum absolute atomic E-state index is 0.117. The third-order valence-corrected chi connectivity index (χ3v) is 5.14. The van der Waals surface area contributed by atoms with E-state index in [1.807, 2.05) is 6.07 Å². The van der Waals surface area contributed by atoms with E-state index in [1.165, 1.54) is 4.57 Å². The number of aromatic nitrogens is 4. The molecule has 2 heterocycles. The number of H-pyrrole nitrogens is 1. The van der Waals surface area contributed by atoms with Crippen molar-refractivity contribution in [3.8, 4) is 17.7 Å². The van der Waals surface area contributed by atoms with E-state index in [9.17, 15) is 9.59 Å². The number of pyridine rings is 1. The van der Waals surface area contributed by atoms with E-state index in [-0.39, 0.29) is 30.3 Å². The lowest BCUT2D eigenvalue weighted by molar-refractivity contribution is 0.462. The smallest absolute Gasteiger partial charge is 0.335 e. The van der Waals surface area contributed by atoms with E-state index in [0.717, 1.165) is 10.1 Å². The predicted octanol–water partition coefficient (Wildman–Crippen LogP) is 3.35. The highest BCUT2D eigenvalue weighted by Gasteiger charge is 2.09. The van der Waals surface area contributed by atoms with E-state index in [2.05, 4.69) is 15.0 Å². The van der Waals surface area contributed by atoms with Crippen LogP contribution in [0.2, 0.25) is 5.02 Å². The van der Waals surface area contributed by atoms with Crippen molar-refractivity contribution in [1.29, 1.82) is 5.26 Å². The average Bonchev–Trinajstić information content (AvgIpc) is 2.84. The summed E-state index contributed by atoms with van der Waals surface area (Å²) in [5.41, 5.74) is 0.686. The second-order valence-corrected chi connectivity index (χ2v) is 7.61. The Labute approximate surface area is 198 Å². The van der Waals surface area contributed by atoms with Gasteiger partial charge in [-0.1, -0.05) is 29.8 Å². The number of halogens is 1. The van der Waals surface area contributed by atoms with Gasteiger partial charge in [0.1, 0.15) is 17.5 Å². The first-order chi connectivity index (χ1) is 16.5. The Kier molecular flexibility index (Phi) is 6.71. The molecule has 1 N–H and O–H groups in total. The quantitative estimate of drug-likeness (QED) is 0.459. The monoisotopic (exact) mass is 474 g/mol. The molecular weight excluding hydrogens is 456 g/mol. The Morgan fingerprint density at radius 2 is 1.79 bits per heavy atom. The molecule has 0 atom stereocenters. The zero-order chi connectivity index (χ0) is 24.1. The third kappa shape index (κ3) is 5.14. The fourth-order valence-corrected chi connectivity index (χ4v) is 3.33. The standard InChI is InChI=1S/C24H19ClN6O3/c1-2-30-23(32)29-22(31(24(30)33)15-16-6-8-17(25)9-7-16)28-18-10-12-20(13-11-18)34-21-5-3-4-19(14-26)27-21/h3-13H,2,15H2,1H3,(H,28,29,32). The van der Waals surface area contributed by atoms with Crippen LogP contribution in [0, 0.1) is 11.3 Å². The van der Waals surface area contributed by atoms with Gasteiger partial charge >= 0.3 is 11.4 Å². The Morgan fingerprint density at radius 1 is 1.06 bits per heavy atom. The molecule has 0 fully saturated rings. The zero-order valence-corrected chi connectivity index (χ0v) is 18.9. The summed E-state index contributed by atoms with van der Waals surface area (Å²) < 4.78 is 8.18. The zero-order valence-electron chi connectivity index (χ0n) is 18.1. The van der Waals surface area contributed by atoms with Crippen LogP contribution in [-0.4, -0.2) is 19.1 Å². The summed E-state index contributed by atoms with van der Waals surface area (Å²) in [4.78, 5) is 36.6. The van der Waals surface area contributed by atoms with Crippen LogP contribution in [-0.2, 0) is 13.1 Å². The lowest BCUT2D eigenvalue weighted by Crippen LogP contribution is -2.49. The van der Waals surface area contributed by atoms with Crippen molar-refractivity contribution in [2.45, 2.75) is 20.0 Å². The summed E-state index contributed by atoms with van der Waals surface area (Å²) >= 11 is 5.96. The van der Waals surface area contributed by atoms with Gasteiger partial charge < -0.3 is 4.74 Å². The molecule has 10 heteroatoms. The third-order valence-electron chi connectivity index (χ3n) is 4.88. The fraction of sp³-hybridized carbons (Fsp3) is 0.125. The van der Waals surface area contributed by atoms with Crippen LogP contribution in [0.15, 0.2) is 81.3 Å². The number of nitriles is 1. The molecule has 0 amide bonds. The Hall–Kier alpha value is -4.42.